The zero-order valence-corrected chi connectivity index (χ0v) is 16.1. The maximum atomic E-state index is 13.8. The molecule has 0 saturated carbocycles. The third kappa shape index (κ3) is 4.15. The van der Waals surface area contributed by atoms with Crippen molar-refractivity contribution < 1.29 is 27.2 Å². The topological polar surface area (TPSA) is 52.6 Å². The number of fused-ring (bicyclic) bond motifs is 1. The molecule has 0 spiro atoms. The van der Waals surface area contributed by atoms with Gasteiger partial charge in [-0.2, -0.15) is 0 Å². The summed E-state index contributed by atoms with van der Waals surface area (Å²) in [6.07, 6.45) is 3.45. The summed E-state index contributed by atoms with van der Waals surface area (Å²) in [6.45, 7) is 0.311. The minimum absolute atomic E-state index is 0.00823. The summed E-state index contributed by atoms with van der Waals surface area (Å²) in [6, 6.07) is 13.7. The Morgan fingerprint density at radius 1 is 0.967 bits per heavy atom. The van der Waals surface area contributed by atoms with E-state index in [1.807, 2.05) is 0 Å². The first kappa shape index (κ1) is 19.6. The van der Waals surface area contributed by atoms with Crippen LogP contribution in [0.5, 0.6) is 11.5 Å². The number of aromatic nitrogens is 1. The lowest BCUT2D eigenvalue weighted by molar-refractivity contribution is -0.688. The lowest BCUT2D eigenvalue weighted by Gasteiger charge is -2.11. The van der Waals surface area contributed by atoms with Gasteiger partial charge in [0, 0.05) is 35.2 Å². The van der Waals surface area contributed by atoms with E-state index in [0.29, 0.717) is 17.1 Å². The van der Waals surface area contributed by atoms with Crippen molar-refractivity contribution in [3.63, 3.8) is 0 Å². The zero-order chi connectivity index (χ0) is 21.1. The highest BCUT2D eigenvalue weighted by molar-refractivity contribution is 5.80. The van der Waals surface area contributed by atoms with Crippen molar-refractivity contribution in [3.8, 4) is 11.5 Å². The standard InChI is InChI=1S/C23H18F2NO4/c1-28-21-11-16-5-6-23(27)30-20(16)12-22(21)29-14-15-7-9-26(10-8-15)13-17-18(24)3-2-4-19(17)25/h2-12H,13-14H2,1H3/q+1. The van der Waals surface area contributed by atoms with Gasteiger partial charge in [0.2, 0.25) is 0 Å². The zero-order valence-electron chi connectivity index (χ0n) is 16.1. The van der Waals surface area contributed by atoms with Crippen molar-refractivity contribution >= 4 is 11.0 Å². The summed E-state index contributed by atoms with van der Waals surface area (Å²) in [5.74, 6) is -0.211. The van der Waals surface area contributed by atoms with E-state index in [4.69, 9.17) is 13.9 Å². The Balaban J connectivity index is 1.49. The molecule has 0 unspecified atom stereocenters. The van der Waals surface area contributed by atoms with Gasteiger partial charge in [-0.3, -0.25) is 0 Å². The second-order valence-electron chi connectivity index (χ2n) is 6.66. The summed E-state index contributed by atoms with van der Waals surface area (Å²) in [5, 5.41) is 0.722. The van der Waals surface area contributed by atoms with E-state index in [2.05, 4.69) is 0 Å². The van der Waals surface area contributed by atoms with Crippen LogP contribution in [0.1, 0.15) is 11.1 Å². The Morgan fingerprint density at radius 2 is 1.70 bits per heavy atom. The van der Waals surface area contributed by atoms with Gasteiger partial charge in [0.25, 0.3) is 0 Å². The lowest BCUT2D eigenvalue weighted by atomic mass is 10.2. The molecule has 0 aliphatic rings. The number of halogens is 2. The number of hydrogen-bond donors (Lipinski definition) is 0. The third-order valence-corrected chi connectivity index (χ3v) is 4.66. The van der Waals surface area contributed by atoms with Gasteiger partial charge in [0.05, 0.1) is 12.7 Å². The van der Waals surface area contributed by atoms with E-state index in [1.54, 1.807) is 47.3 Å². The quantitative estimate of drug-likeness (QED) is 0.356. The van der Waals surface area contributed by atoms with Crippen molar-refractivity contribution in [1.82, 2.24) is 0 Å². The normalized spacial score (nSPS) is 10.9. The van der Waals surface area contributed by atoms with Gasteiger partial charge < -0.3 is 13.9 Å². The Hall–Kier alpha value is -3.74. The molecule has 0 radical (unpaired) electrons. The lowest BCUT2D eigenvalue weighted by Crippen LogP contribution is -2.34. The van der Waals surface area contributed by atoms with Crippen molar-refractivity contribution in [1.29, 1.82) is 0 Å². The molecule has 0 bridgehead atoms. The molecular weight excluding hydrogens is 392 g/mol. The predicted molar refractivity (Wildman–Crippen MR) is 105 cm³/mol. The highest BCUT2D eigenvalue weighted by Crippen LogP contribution is 2.32. The highest BCUT2D eigenvalue weighted by atomic mass is 19.1. The van der Waals surface area contributed by atoms with Crippen molar-refractivity contribution in [2.24, 2.45) is 0 Å². The van der Waals surface area contributed by atoms with Gasteiger partial charge in [0.15, 0.2) is 30.4 Å². The molecule has 4 rings (SSSR count). The van der Waals surface area contributed by atoms with Crippen LogP contribution in [-0.2, 0) is 13.2 Å². The number of hydrogen-bond acceptors (Lipinski definition) is 4. The molecule has 0 N–H and O–H groups in total. The molecule has 30 heavy (non-hydrogen) atoms. The molecule has 2 aromatic carbocycles. The van der Waals surface area contributed by atoms with Crippen LogP contribution in [0.15, 0.2) is 76.2 Å². The molecule has 0 amide bonds. The summed E-state index contributed by atoms with van der Waals surface area (Å²) >= 11 is 0. The molecule has 0 aliphatic heterocycles. The average molecular weight is 410 g/mol. The number of methoxy groups -OCH3 is 1. The smallest absolute Gasteiger partial charge is 0.336 e. The minimum atomic E-state index is -0.579. The Kier molecular flexibility index (Phi) is 5.43. The first-order valence-electron chi connectivity index (χ1n) is 9.19. The SMILES string of the molecule is COc1cc2ccc(=O)oc2cc1OCc1cc[n+](Cc2c(F)cccc2F)cc1. The Morgan fingerprint density at radius 3 is 2.40 bits per heavy atom. The largest absolute Gasteiger partial charge is 0.493 e. The van der Waals surface area contributed by atoms with Gasteiger partial charge in [-0.25, -0.2) is 18.1 Å². The molecular formula is C23H18F2NO4+. The summed E-state index contributed by atoms with van der Waals surface area (Å²) in [4.78, 5) is 11.4. The molecule has 0 aliphatic carbocycles. The fourth-order valence-electron chi connectivity index (χ4n) is 3.07. The van der Waals surface area contributed by atoms with Gasteiger partial charge in [-0.05, 0) is 24.3 Å². The van der Waals surface area contributed by atoms with Crippen LogP contribution in [0.3, 0.4) is 0 Å². The van der Waals surface area contributed by atoms with Gasteiger partial charge in [0.1, 0.15) is 23.8 Å². The first-order chi connectivity index (χ1) is 14.5. The predicted octanol–water partition coefficient (Wildman–Crippen LogP) is 3.99. The van der Waals surface area contributed by atoms with Crippen LogP contribution in [0, 0.1) is 11.6 Å². The van der Waals surface area contributed by atoms with E-state index in [-0.39, 0.29) is 18.7 Å². The van der Waals surface area contributed by atoms with Crippen LogP contribution in [0.2, 0.25) is 0 Å². The monoisotopic (exact) mass is 410 g/mol. The Labute approximate surface area is 170 Å². The molecule has 4 aromatic rings. The van der Waals surface area contributed by atoms with Crippen LogP contribution in [0.4, 0.5) is 8.78 Å². The van der Waals surface area contributed by atoms with Gasteiger partial charge in [-0.15, -0.1) is 0 Å². The molecule has 0 saturated heterocycles. The maximum Gasteiger partial charge on any atom is 0.336 e. The number of pyridine rings is 1. The molecule has 2 heterocycles. The van der Waals surface area contributed by atoms with Crippen LogP contribution in [-0.4, -0.2) is 7.11 Å². The average Bonchev–Trinajstić information content (AvgIpc) is 2.75. The van der Waals surface area contributed by atoms with E-state index in [9.17, 15) is 13.6 Å². The van der Waals surface area contributed by atoms with E-state index < -0.39 is 17.3 Å². The molecule has 152 valence electrons. The summed E-state index contributed by atoms with van der Waals surface area (Å²) < 4.78 is 45.7. The van der Waals surface area contributed by atoms with Gasteiger partial charge >= 0.3 is 5.63 Å². The van der Waals surface area contributed by atoms with Crippen molar-refractivity contribution in [2.75, 3.05) is 7.11 Å². The first-order valence-corrected chi connectivity index (χ1v) is 9.19. The molecule has 2 aromatic heterocycles. The van der Waals surface area contributed by atoms with E-state index in [1.165, 1.54) is 31.4 Å². The number of ether oxygens (including phenoxy) is 2. The van der Waals surface area contributed by atoms with E-state index >= 15 is 0 Å². The molecule has 7 heteroatoms. The summed E-state index contributed by atoms with van der Waals surface area (Å²) in [5.41, 5.74) is 0.805. The molecule has 0 fully saturated rings. The third-order valence-electron chi connectivity index (χ3n) is 4.66. The fourth-order valence-corrected chi connectivity index (χ4v) is 3.07. The number of benzene rings is 2. The summed E-state index contributed by atoms with van der Waals surface area (Å²) in [7, 11) is 1.53. The van der Waals surface area contributed by atoms with Crippen LogP contribution < -0.4 is 19.7 Å². The van der Waals surface area contributed by atoms with Gasteiger partial charge in [-0.1, -0.05) is 6.07 Å². The van der Waals surface area contributed by atoms with Crippen LogP contribution in [0.25, 0.3) is 11.0 Å². The van der Waals surface area contributed by atoms with Crippen molar-refractivity contribution in [2.45, 2.75) is 13.2 Å². The van der Waals surface area contributed by atoms with Crippen molar-refractivity contribution in [3.05, 3.63) is 100 Å². The fraction of sp³-hybridized carbons (Fsp3) is 0.130. The Bertz CT molecular complexity index is 1230. The van der Waals surface area contributed by atoms with Crippen LogP contribution >= 0.6 is 0 Å². The molecule has 0 atom stereocenters. The second kappa shape index (κ2) is 8.32. The number of nitrogens with zero attached hydrogens (tertiary/aromatic N) is 1. The second-order valence-corrected chi connectivity index (χ2v) is 6.66. The maximum absolute atomic E-state index is 13.8. The number of rotatable bonds is 6. The minimum Gasteiger partial charge on any atom is -0.493 e. The highest BCUT2D eigenvalue weighted by Gasteiger charge is 2.14. The van der Waals surface area contributed by atoms with E-state index in [0.717, 1.165) is 10.9 Å². The molecule has 5 nitrogen and oxygen atoms in total.